The average Bonchev–Trinajstić information content (AvgIpc) is 2.67. The van der Waals surface area contributed by atoms with E-state index in [1.165, 1.54) is 0 Å². The van der Waals surface area contributed by atoms with Gasteiger partial charge in [-0.3, -0.25) is 4.79 Å². The maximum absolute atomic E-state index is 13.0. The molecule has 1 heterocycles. The third-order valence-electron chi connectivity index (χ3n) is 6.06. The fourth-order valence-electron chi connectivity index (χ4n) is 4.50. The molecule has 2 fully saturated rings. The third-order valence-corrected chi connectivity index (χ3v) is 6.06. The summed E-state index contributed by atoms with van der Waals surface area (Å²) in [5.41, 5.74) is -0.0775. The van der Waals surface area contributed by atoms with Crippen LogP contribution in [-0.4, -0.2) is 16.7 Å². The second-order valence-corrected chi connectivity index (χ2v) is 7.60. The highest BCUT2D eigenvalue weighted by Crippen LogP contribution is 2.57. The summed E-state index contributed by atoms with van der Waals surface area (Å²) < 4.78 is 0. The summed E-state index contributed by atoms with van der Waals surface area (Å²) >= 11 is 0. The van der Waals surface area contributed by atoms with Gasteiger partial charge < -0.3 is 5.11 Å². The topological polar surface area (TPSA) is 55.8 Å². The molecule has 2 aromatic rings. The van der Waals surface area contributed by atoms with Gasteiger partial charge in [-0.05, 0) is 30.9 Å². The van der Waals surface area contributed by atoms with Crippen molar-refractivity contribution in [1.82, 2.24) is 0 Å². The molecule has 2 aromatic carbocycles. The summed E-state index contributed by atoms with van der Waals surface area (Å²) in [6.07, 6.45) is 3.19. The molecule has 0 amide bonds. The molecule has 1 N–H and O–H groups in total. The van der Waals surface area contributed by atoms with Gasteiger partial charge in [-0.1, -0.05) is 67.1 Å². The molecule has 1 spiro atoms. The molecule has 0 aromatic heterocycles. The Labute approximate surface area is 153 Å². The van der Waals surface area contributed by atoms with Crippen molar-refractivity contribution in [2.45, 2.75) is 50.4 Å². The highest BCUT2D eigenvalue weighted by molar-refractivity contribution is 5.87. The molecule has 2 atom stereocenters. The van der Waals surface area contributed by atoms with Crippen LogP contribution < -0.4 is 0 Å². The van der Waals surface area contributed by atoms with Crippen molar-refractivity contribution in [3.05, 3.63) is 71.8 Å². The second kappa shape index (κ2) is 6.31. The number of rotatable bonds is 2. The van der Waals surface area contributed by atoms with E-state index in [4.69, 9.17) is 9.78 Å². The van der Waals surface area contributed by atoms with Crippen LogP contribution in [-0.2, 0) is 20.2 Å². The molecule has 0 bridgehead atoms. The van der Waals surface area contributed by atoms with Crippen LogP contribution in [0.5, 0.6) is 0 Å². The monoisotopic (exact) mass is 352 g/mol. The molecule has 1 aliphatic carbocycles. The van der Waals surface area contributed by atoms with E-state index >= 15 is 0 Å². The van der Waals surface area contributed by atoms with E-state index in [1.807, 2.05) is 60.7 Å². The lowest BCUT2D eigenvalue weighted by molar-refractivity contribution is -0.505. The molecule has 136 valence electrons. The van der Waals surface area contributed by atoms with E-state index in [2.05, 4.69) is 0 Å². The lowest BCUT2D eigenvalue weighted by Gasteiger charge is -2.54. The first-order valence-corrected chi connectivity index (χ1v) is 9.24. The Balaban J connectivity index is 1.89. The molecule has 1 aliphatic heterocycles. The standard InChI is InChI=1S/C22H24O4/c1-20(24)21(15-9-8-14-19(21)23)16-22(26-25-20,17-10-4-2-5-11-17)18-12-6-3-7-13-18/h2-7,10-13,24H,8-9,14-16H2,1H3. The zero-order chi connectivity index (χ0) is 18.3. The summed E-state index contributed by atoms with van der Waals surface area (Å²) in [6, 6.07) is 19.6. The smallest absolute Gasteiger partial charge is 0.209 e. The van der Waals surface area contributed by atoms with E-state index in [0.717, 1.165) is 24.0 Å². The van der Waals surface area contributed by atoms with E-state index in [-0.39, 0.29) is 5.78 Å². The number of carbonyl (C=O) groups excluding carboxylic acids is 1. The molecule has 1 saturated carbocycles. The maximum Gasteiger partial charge on any atom is 0.209 e. The normalized spacial score (nSPS) is 31.1. The van der Waals surface area contributed by atoms with Gasteiger partial charge in [0.05, 0.1) is 5.41 Å². The molecule has 2 aliphatic rings. The summed E-state index contributed by atoms with van der Waals surface area (Å²) in [5.74, 6) is -1.58. The van der Waals surface area contributed by atoms with E-state index < -0.39 is 16.8 Å². The number of hydrogen-bond acceptors (Lipinski definition) is 4. The molecule has 4 heteroatoms. The average molecular weight is 352 g/mol. The minimum Gasteiger partial charge on any atom is -0.363 e. The highest BCUT2D eigenvalue weighted by atomic mass is 17.2. The van der Waals surface area contributed by atoms with Crippen LogP contribution in [0, 0.1) is 5.41 Å². The van der Waals surface area contributed by atoms with Gasteiger partial charge in [-0.15, -0.1) is 0 Å². The largest absolute Gasteiger partial charge is 0.363 e. The Morgan fingerprint density at radius 1 is 0.885 bits per heavy atom. The van der Waals surface area contributed by atoms with Gasteiger partial charge in [0, 0.05) is 12.8 Å². The molecule has 4 nitrogen and oxygen atoms in total. The molecule has 1 saturated heterocycles. The predicted molar refractivity (Wildman–Crippen MR) is 97.0 cm³/mol. The fourth-order valence-corrected chi connectivity index (χ4v) is 4.50. The van der Waals surface area contributed by atoms with Gasteiger partial charge in [0.2, 0.25) is 5.79 Å². The minimum atomic E-state index is -1.64. The number of Topliss-reactive ketones (excluding diaryl/α,β-unsaturated/α-hetero) is 1. The van der Waals surface area contributed by atoms with Crippen molar-refractivity contribution < 1.29 is 19.7 Å². The summed E-state index contributed by atoms with van der Waals surface area (Å²) in [4.78, 5) is 24.6. The van der Waals surface area contributed by atoms with Crippen LogP contribution in [0.4, 0.5) is 0 Å². The van der Waals surface area contributed by atoms with Crippen LogP contribution >= 0.6 is 0 Å². The first-order chi connectivity index (χ1) is 12.5. The Morgan fingerprint density at radius 2 is 1.46 bits per heavy atom. The number of ketones is 1. The maximum atomic E-state index is 13.0. The van der Waals surface area contributed by atoms with Crippen LogP contribution in [0.3, 0.4) is 0 Å². The SMILES string of the molecule is CC1(O)OOC(c2ccccc2)(c2ccccc2)CC12CCCCC2=O. The minimum absolute atomic E-state index is 0.0632. The van der Waals surface area contributed by atoms with Crippen LogP contribution in [0.2, 0.25) is 0 Å². The molecular weight excluding hydrogens is 328 g/mol. The van der Waals surface area contributed by atoms with Gasteiger partial charge >= 0.3 is 0 Å². The van der Waals surface area contributed by atoms with Crippen LogP contribution in [0.25, 0.3) is 0 Å². The van der Waals surface area contributed by atoms with Crippen LogP contribution in [0.15, 0.2) is 60.7 Å². The summed E-state index contributed by atoms with van der Waals surface area (Å²) in [6.45, 7) is 1.55. The van der Waals surface area contributed by atoms with Gasteiger partial charge in [-0.25, -0.2) is 4.89 Å². The zero-order valence-corrected chi connectivity index (χ0v) is 15.0. The Hall–Kier alpha value is -2.01. The number of aliphatic hydroxyl groups is 1. The molecule has 0 radical (unpaired) electrons. The van der Waals surface area contributed by atoms with Gasteiger partial charge in [0.15, 0.2) is 5.60 Å². The Kier molecular flexibility index (Phi) is 4.22. The number of hydrogen-bond donors (Lipinski definition) is 1. The van der Waals surface area contributed by atoms with Crippen molar-refractivity contribution in [2.75, 3.05) is 0 Å². The molecule has 2 unspecified atom stereocenters. The van der Waals surface area contributed by atoms with Crippen molar-refractivity contribution in [1.29, 1.82) is 0 Å². The third kappa shape index (κ3) is 2.52. The number of benzene rings is 2. The quantitative estimate of drug-likeness (QED) is 0.826. The Morgan fingerprint density at radius 3 is 2.00 bits per heavy atom. The second-order valence-electron chi connectivity index (χ2n) is 7.60. The first-order valence-electron chi connectivity index (χ1n) is 9.24. The van der Waals surface area contributed by atoms with Crippen molar-refractivity contribution in [2.24, 2.45) is 5.41 Å². The van der Waals surface area contributed by atoms with Gasteiger partial charge in [0.25, 0.3) is 0 Å². The van der Waals surface area contributed by atoms with Gasteiger partial charge in [-0.2, -0.15) is 4.89 Å². The summed E-state index contributed by atoms with van der Waals surface area (Å²) in [5, 5.41) is 11.0. The predicted octanol–water partition coefficient (Wildman–Crippen LogP) is 4.12. The van der Waals surface area contributed by atoms with E-state index in [1.54, 1.807) is 6.92 Å². The van der Waals surface area contributed by atoms with Crippen molar-refractivity contribution in [3.8, 4) is 0 Å². The lowest BCUT2D eigenvalue weighted by atomic mass is 9.60. The highest BCUT2D eigenvalue weighted by Gasteiger charge is 2.63. The molecule has 4 rings (SSSR count). The Bertz CT molecular complexity index is 745. The van der Waals surface area contributed by atoms with Crippen LogP contribution in [0.1, 0.15) is 50.2 Å². The zero-order valence-electron chi connectivity index (χ0n) is 15.0. The fraction of sp³-hybridized carbons (Fsp3) is 0.409. The van der Waals surface area contributed by atoms with E-state index in [0.29, 0.717) is 19.3 Å². The number of carbonyl (C=O) groups is 1. The lowest BCUT2D eigenvalue weighted by Crippen LogP contribution is -2.62. The van der Waals surface area contributed by atoms with Gasteiger partial charge in [0.1, 0.15) is 5.78 Å². The van der Waals surface area contributed by atoms with E-state index in [9.17, 15) is 9.90 Å². The van der Waals surface area contributed by atoms with Crippen molar-refractivity contribution >= 4 is 5.78 Å². The van der Waals surface area contributed by atoms with Crippen molar-refractivity contribution in [3.63, 3.8) is 0 Å². The first kappa shape index (κ1) is 17.4. The molecular formula is C22H24O4. The summed E-state index contributed by atoms with van der Waals surface area (Å²) in [7, 11) is 0. The molecule has 26 heavy (non-hydrogen) atoms.